The zero-order valence-corrected chi connectivity index (χ0v) is 15.0. The highest BCUT2D eigenvalue weighted by Crippen LogP contribution is 2.22. The van der Waals surface area contributed by atoms with Crippen LogP contribution in [-0.2, 0) is 16.7 Å². The third-order valence-corrected chi connectivity index (χ3v) is 4.80. The van der Waals surface area contributed by atoms with Gasteiger partial charge in [-0.05, 0) is 31.5 Å². The van der Waals surface area contributed by atoms with Gasteiger partial charge in [0.1, 0.15) is 6.61 Å². The molecule has 6 nitrogen and oxygen atoms in total. The van der Waals surface area contributed by atoms with Crippen LogP contribution >= 0.6 is 0 Å². The highest BCUT2D eigenvalue weighted by atomic mass is 16.6. The zero-order chi connectivity index (χ0) is 18.4. The third-order valence-electron chi connectivity index (χ3n) is 4.80. The molecule has 1 unspecified atom stereocenters. The molecule has 3 rings (SSSR count). The van der Waals surface area contributed by atoms with Gasteiger partial charge in [-0.15, -0.1) is 0 Å². The topological polar surface area (TPSA) is 67.1 Å². The van der Waals surface area contributed by atoms with Gasteiger partial charge in [-0.25, -0.2) is 0 Å². The molecule has 2 heterocycles. The number of aryl methyl sites for hydroxylation is 1. The normalized spacial score (nSPS) is 18.3. The first-order valence-corrected chi connectivity index (χ1v) is 8.96. The summed E-state index contributed by atoms with van der Waals surface area (Å²) < 4.78 is 2.07. The molecular formula is C20H25N3O3. The van der Waals surface area contributed by atoms with E-state index in [0.29, 0.717) is 19.7 Å². The van der Waals surface area contributed by atoms with Gasteiger partial charge in [0.05, 0.1) is 12.1 Å². The zero-order valence-electron chi connectivity index (χ0n) is 15.0. The Balaban J connectivity index is 1.52. The average molecular weight is 355 g/mol. The molecule has 26 heavy (non-hydrogen) atoms. The van der Waals surface area contributed by atoms with Crippen LogP contribution in [0.4, 0.5) is 0 Å². The molecule has 1 fully saturated rings. The number of nitrogens with zero attached hydrogens (tertiary/aromatic N) is 3. The maximum Gasteiger partial charge on any atom is 0.307 e. The van der Waals surface area contributed by atoms with Crippen LogP contribution in [-0.4, -0.2) is 53.0 Å². The highest BCUT2D eigenvalue weighted by Gasteiger charge is 2.24. The summed E-state index contributed by atoms with van der Waals surface area (Å²) in [6.07, 6.45) is 5.44. The number of aromatic nitrogens is 1. The van der Waals surface area contributed by atoms with Gasteiger partial charge in [0.15, 0.2) is 0 Å². The quantitative estimate of drug-likeness (QED) is 0.471. The van der Waals surface area contributed by atoms with Gasteiger partial charge >= 0.3 is 5.97 Å². The van der Waals surface area contributed by atoms with Crippen molar-refractivity contribution in [3.8, 4) is 11.3 Å². The number of likely N-dealkylation sites (tertiary alicyclic amines) is 1. The van der Waals surface area contributed by atoms with E-state index in [2.05, 4.69) is 26.8 Å². The number of carbonyl (C=O) groups is 1. The van der Waals surface area contributed by atoms with E-state index in [-0.39, 0.29) is 5.92 Å². The minimum atomic E-state index is -0.703. The van der Waals surface area contributed by atoms with E-state index < -0.39 is 5.97 Å². The van der Waals surface area contributed by atoms with Gasteiger partial charge in [-0.2, -0.15) is 0 Å². The van der Waals surface area contributed by atoms with Crippen LogP contribution < -0.4 is 0 Å². The molecule has 0 spiro atoms. The molecule has 1 aromatic heterocycles. The molecule has 0 amide bonds. The van der Waals surface area contributed by atoms with E-state index in [1.54, 1.807) is 6.21 Å². The number of hydrogen-bond acceptors (Lipinski definition) is 4. The summed E-state index contributed by atoms with van der Waals surface area (Å²) >= 11 is 0. The van der Waals surface area contributed by atoms with E-state index in [9.17, 15) is 4.79 Å². The number of aliphatic carboxylic acids is 1. The van der Waals surface area contributed by atoms with E-state index >= 15 is 0 Å². The summed E-state index contributed by atoms with van der Waals surface area (Å²) in [4.78, 5) is 18.7. The van der Waals surface area contributed by atoms with Gasteiger partial charge in [-0.3, -0.25) is 9.69 Å². The molecular weight excluding hydrogens is 330 g/mol. The summed E-state index contributed by atoms with van der Waals surface area (Å²) in [6, 6.07) is 12.2. The van der Waals surface area contributed by atoms with Crippen LogP contribution in [0.3, 0.4) is 0 Å². The Bertz CT molecular complexity index is 769. The Morgan fingerprint density at radius 3 is 2.96 bits per heavy atom. The molecule has 0 radical (unpaired) electrons. The van der Waals surface area contributed by atoms with Crippen LogP contribution in [0.15, 0.2) is 47.8 Å². The molecule has 2 aromatic rings. The molecule has 1 atom stereocenters. The Morgan fingerprint density at radius 1 is 1.35 bits per heavy atom. The van der Waals surface area contributed by atoms with E-state index in [1.165, 1.54) is 0 Å². The summed E-state index contributed by atoms with van der Waals surface area (Å²) in [5.41, 5.74) is 3.23. The standard InChI is InChI=1S/C20H25N3O3/c1-22-10-5-9-19(22)18-8-3-2-6-16(18)14-21-26-13-12-23-11-4-7-17(15-23)20(24)25/h2-3,5-6,8-10,14,17H,4,7,11-13,15H2,1H3,(H,24,25). The SMILES string of the molecule is Cn1cccc1-c1ccccc1C=NOCCN1CCCC(C(=O)O)C1. The Kier molecular flexibility index (Phi) is 6.07. The van der Waals surface area contributed by atoms with Gasteiger partial charge in [-0.1, -0.05) is 29.4 Å². The van der Waals surface area contributed by atoms with Crippen molar-refractivity contribution in [3.05, 3.63) is 48.2 Å². The minimum Gasteiger partial charge on any atom is -0.481 e. The lowest BCUT2D eigenvalue weighted by Crippen LogP contribution is -2.40. The second-order valence-electron chi connectivity index (χ2n) is 6.64. The fourth-order valence-electron chi connectivity index (χ4n) is 3.36. The second kappa shape index (κ2) is 8.67. The number of benzene rings is 1. The number of hydrogen-bond donors (Lipinski definition) is 1. The molecule has 138 valence electrons. The summed E-state index contributed by atoms with van der Waals surface area (Å²) in [6.45, 7) is 2.67. The van der Waals surface area contributed by atoms with Gasteiger partial charge in [0.2, 0.25) is 0 Å². The van der Waals surface area contributed by atoms with E-state index in [0.717, 1.165) is 36.2 Å². The van der Waals surface area contributed by atoms with Crippen molar-refractivity contribution >= 4 is 12.2 Å². The minimum absolute atomic E-state index is 0.260. The highest BCUT2D eigenvalue weighted by molar-refractivity contribution is 5.89. The maximum atomic E-state index is 11.1. The van der Waals surface area contributed by atoms with Gasteiger partial charge < -0.3 is 14.5 Å². The molecule has 6 heteroatoms. The molecule has 1 saturated heterocycles. The maximum absolute atomic E-state index is 11.1. The lowest BCUT2D eigenvalue weighted by Gasteiger charge is -2.29. The second-order valence-corrected chi connectivity index (χ2v) is 6.64. The summed E-state index contributed by atoms with van der Waals surface area (Å²) in [5, 5.41) is 13.2. The molecule has 1 aromatic carbocycles. The Hall–Kier alpha value is -2.60. The lowest BCUT2D eigenvalue weighted by atomic mass is 9.98. The fourth-order valence-corrected chi connectivity index (χ4v) is 3.36. The van der Waals surface area contributed by atoms with Crippen LogP contribution in [0.5, 0.6) is 0 Å². The van der Waals surface area contributed by atoms with Crippen LogP contribution in [0, 0.1) is 5.92 Å². The monoisotopic (exact) mass is 355 g/mol. The van der Waals surface area contributed by atoms with Crippen LogP contribution in [0.1, 0.15) is 18.4 Å². The smallest absolute Gasteiger partial charge is 0.307 e. The number of carboxylic acid groups (broad SMARTS) is 1. The third kappa shape index (κ3) is 4.52. The van der Waals surface area contributed by atoms with E-state index in [1.807, 2.05) is 37.5 Å². The van der Waals surface area contributed by atoms with Crippen molar-refractivity contribution in [1.29, 1.82) is 0 Å². The molecule has 0 aliphatic carbocycles. The number of rotatable bonds is 7. The summed E-state index contributed by atoms with van der Waals surface area (Å²) in [7, 11) is 2.02. The predicted octanol–water partition coefficient (Wildman–Crippen LogP) is 2.84. The molecule has 0 saturated carbocycles. The number of piperidine rings is 1. The first-order valence-electron chi connectivity index (χ1n) is 8.96. The summed E-state index contributed by atoms with van der Waals surface area (Å²) in [5.74, 6) is -0.963. The first-order chi connectivity index (χ1) is 12.6. The van der Waals surface area contributed by atoms with Crippen LogP contribution in [0.25, 0.3) is 11.3 Å². The van der Waals surface area contributed by atoms with Crippen molar-refractivity contribution in [2.24, 2.45) is 18.1 Å². The van der Waals surface area contributed by atoms with Gasteiger partial charge in [0.25, 0.3) is 0 Å². The van der Waals surface area contributed by atoms with Crippen LogP contribution in [0.2, 0.25) is 0 Å². The van der Waals surface area contributed by atoms with E-state index in [4.69, 9.17) is 9.94 Å². The Labute approximate surface area is 153 Å². The molecule has 1 N–H and O–H groups in total. The fraction of sp³-hybridized carbons (Fsp3) is 0.400. The number of carboxylic acids is 1. The van der Waals surface area contributed by atoms with Crippen molar-refractivity contribution in [2.75, 3.05) is 26.2 Å². The lowest BCUT2D eigenvalue weighted by molar-refractivity contribution is -0.143. The number of oxime groups is 1. The Morgan fingerprint density at radius 2 is 2.19 bits per heavy atom. The average Bonchev–Trinajstić information content (AvgIpc) is 3.08. The van der Waals surface area contributed by atoms with Gasteiger partial charge in [0, 0.05) is 43.2 Å². The van der Waals surface area contributed by atoms with Crippen molar-refractivity contribution in [2.45, 2.75) is 12.8 Å². The molecule has 0 bridgehead atoms. The predicted molar refractivity (Wildman–Crippen MR) is 101 cm³/mol. The van der Waals surface area contributed by atoms with Crippen molar-refractivity contribution in [1.82, 2.24) is 9.47 Å². The largest absolute Gasteiger partial charge is 0.481 e. The molecule has 1 aliphatic rings. The first kappa shape index (κ1) is 18.2. The van der Waals surface area contributed by atoms with Crippen molar-refractivity contribution in [3.63, 3.8) is 0 Å². The molecule has 1 aliphatic heterocycles. The van der Waals surface area contributed by atoms with Crippen molar-refractivity contribution < 1.29 is 14.7 Å².